The summed E-state index contributed by atoms with van der Waals surface area (Å²) in [6.45, 7) is 2.43. The Hall–Kier alpha value is -2.21. The Labute approximate surface area is 161 Å². The highest BCUT2D eigenvalue weighted by atomic mass is 16.7. The highest BCUT2D eigenvalue weighted by Crippen LogP contribution is 2.38. The minimum Gasteiger partial charge on any atom is -0.462 e. The number of nitrogens with one attached hydrogen (secondary N) is 1. The number of piperidine rings is 1. The number of hydrogen-bond acceptors (Lipinski definition) is 5. The molecule has 1 fully saturated rings. The fraction of sp³-hybridized carbons (Fsp3) is 0.409. The number of fused-ring (bicyclic) bond motifs is 1. The van der Waals surface area contributed by atoms with E-state index in [1.807, 2.05) is 56.4 Å². The summed E-state index contributed by atoms with van der Waals surface area (Å²) in [5, 5.41) is 3.34. The largest absolute Gasteiger partial charge is 0.462 e. The zero-order valence-corrected chi connectivity index (χ0v) is 16.3. The van der Waals surface area contributed by atoms with Gasteiger partial charge in [0.25, 0.3) is 0 Å². The second kappa shape index (κ2) is 8.65. The fourth-order valence-corrected chi connectivity index (χ4v) is 3.22. The Bertz CT molecular complexity index is 763. The average molecular weight is 368 g/mol. The first-order chi connectivity index (χ1) is 13.0. The van der Waals surface area contributed by atoms with Crippen molar-refractivity contribution < 1.29 is 14.3 Å². The number of aldehydes is 1. The molecule has 1 spiro atoms. The molecule has 0 amide bonds. The van der Waals surface area contributed by atoms with E-state index in [9.17, 15) is 4.79 Å². The summed E-state index contributed by atoms with van der Waals surface area (Å²) in [5.41, 5.74) is 3.95. The standard InChI is InChI=1S/C19H19NO3.C3H9N/c21-12-14-1-3-15(4-2-14)16-5-6-18-17(11-16)13-22-19(23-18)7-9-20-10-8-19;1-4(2)3/h1-6,11-12,20H,7-10,13H2;1-3H3. The molecule has 0 aliphatic carbocycles. The molecule has 0 aromatic heterocycles. The number of rotatable bonds is 2. The predicted octanol–water partition coefficient (Wildman–Crippen LogP) is 3.33. The molecule has 5 heteroatoms. The summed E-state index contributed by atoms with van der Waals surface area (Å²) in [6.07, 6.45) is 2.61. The fourth-order valence-electron chi connectivity index (χ4n) is 3.22. The molecule has 144 valence electrons. The third-order valence-electron chi connectivity index (χ3n) is 4.59. The molecule has 2 aromatic rings. The van der Waals surface area contributed by atoms with Crippen molar-refractivity contribution in [3.8, 4) is 16.9 Å². The van der Waals surface area contributed by atoms with Crippen molar-refractivity contribution >= 4 is 6.29 Å². The Kier molecular flexibility index (Phi) is 6.26. The van der Waals surface area contributed by atoms with E-state index in [2.05, 4.69) is 17.4 Å². The number of benzene rings is 2. The van der Waals surface area contributed by atoms with Gasteiger partial charge in [0.05, 0.1) is 6.61 Å². The van der Waals surface area contributed by atoms with Crippen molar-refractivity contribution in [2.75, 3.05) is 34.2 Å². The summed E-state index contributed by atoms with van der Waals surface area (Å²) >= 11 is 0. The molecule has 1 saturated heterocycles. The summed E-state index contributed by atoms with van der Waals surface area (Å²) in [4.78, 5) is 12.8. The Balaban J connectivity index is 0.000000481. The van der Waals surface area contributed by atoms with Crippen LogP contribution >= 0.6 is 0 Å². The van der Waals surface area contributed by atoms with E-state index in [4.69, 9.17) is 9.47 Å². The molecule has 0 bridgehead atoms. The van der Waals surface area contributed by atoms with Gasteiger partial charge in [-0.05, 0) is 44.4 Å². The van der Waals surface area contributed by atoms with Crippen LogP contribution in [0.4, 0.5) is 0 Å². The number of nitrogens with zero attached hydrogens (tertiary/aromatic N) is 1. The lowest BCUT2D eigenvalue weighted by molar-refractivity contribution is -0.218. The van der Waals surface area contributed by atoms with Gasteiger partial charge >= 0.3 is 0 Å². The van der Waals surface area contributed by atoms with Crippen LogP contribution in [-0.2, 0) is 11.3 Å². The maximum absolute atomic E-state index is 10.8. The number of ether oxygens (including phenoxy) is 2. The lowest BCUT2D eigenvalue weighted by atomic mass is 9.99. The van der Waals surface area contributed by atoms with Gasteiger partial charge in [-0.15, -0.1) is 0 Å². The summed E-state index contributed by atoms with van der Waals surface area (Å²) < 4.78 is 12.2. The van der Waals surface area contributed by atoms with Crippen LogP contribution in [0.15, 0.2) is 42.5 Å². The second-order valence-electron chi connectivity index (χ2n) is 7.46. The van der Waals surface area contributed by atoms with E-state index in [-0.39, 0.29) is 0 Å². The van der Waals surface area contributed by atoms with Gasteiger partial charge in [-0.25, -0.2) is 0 Å². The minimum atomic E-state index is -0.453. The smallest absolute Gasteiger partial charge is 0.213 e. The zero-order valence-electron chi connectivity index (χ0n) is 16.3. The number of hydrogen-bond donors (Lipinski definition) is 1. The van der Waals surface area contributed by atoms with Crippen molar-refractivity contribution in [1.29, 1.82) is 0 Å². The van der Waals surface area contributed by atoms with Gasteiger partial charge in [0.2, 0.25) is 5.79 Å². The van der Waals surface area contributed by atoms with E-state index < -0.39 is 5.79 Å². The van der Waals surface area contributed by atoms with Crippen LogP contribution in [0.3, 0.4) is 0 Å². The third-order valence-corrected chi connectivity index (χ3v) is 4.59. The molecule has 1 N–H and O–H groups in total. The summed E-state index contributed by atoms with van der Waals surface area (Å²) in [6, 6.07) is 13.8. The highest BCUT2D eigenvalue weighted by molar-refractivity contribution is 5.77. The average Bonchev–Trinajstić information content (AvgIpc) is 2.68. The van der Waals surface area contributed by atoms with Gasteiger partial charge in [-0.2, -0.15) is 0 Å². The number of carbonyl (C=O) groups excluding carboxylic acids is 1. The molecule has 5 nitrogen and oxygen atoms in total. The van der Waals surface area contributed by atoms with E-state index >= 15 is 0 Å². The van der Waals surface area contributed by atoms with Gasteiger partial charge in [0, 0.05) is 37.1 Å². The Morgan fingerprint density at radius 2 is 1.63 bits per heavy atom. The van der Waals surface area contributed by atoms with Gasteiger partial charge < -0.3 is 19.7 Å². The molecule has 0 saturated carbocycles. The first-order valence-electron chi connectivity index (χ1n) is 9.34. The number of carbonyl (C=O) groups is 1. The molecular formula is C22H28N2O3. The first-order valence-corrected chi connectivity index (χ1v) is 9.34. The lowest BCUT2D eigenvalue weighted by Gasteiger charge is -2.41. The van der Waals surface area contributed by atoms with Crippen molar-refractivity contribution in [2.45, 2.75) is 25.2 Å². The van der Waals surface area contributed by atoms with Gasteiger partial charge in [-0.1, -0.05) is 30.3 Å². The third kappa shape index (κ3) is 4.95. The van der Waals surface area contributed by atoms with Crippen molar-refractivity contribution in [3.05, 3.63) is 53.6 Å². The zero-order chi connectivity index (χ0) is 19.3. The van der Waals surface area contributed by atoms with Crippen LogP contribution in [0, 0.1) is 0 Å². The SMILES string of the molecule is CN(C)C.O=Cc1ccc(-c2ccc3c(c2)COC2(CCNCC2)O3)cc1. The van der Waals surface area contributed by atoms with Gasteiger partial charge in [-0.3, -0.25) is 4.79 Å². The van der Waals surface area contributed by atoms with E-state index in [0.717, 1.165) is 54.7 Å². The second-order valence-corrected chi connectivity index (χ2v) is 7.46. The van der Waals surface area contributed by atoms with E-state index in [1.165, 1.54) is 0 Å². The maximum atomic E-state index is 10.8. The van der Waals surface area contributed by atoms with Crippen molar-refractivity contribution in [2.24, 2.45) is 0 Å². The maximum Gasteiger partial charge on any atom is 0.213 e. The van der Waals surface area contributed by atoms with Crippen LogP contribution in [0.1, 0.15) is 28.8 Å². The van der Waals surface area contributed by atoms with Crippen LogP contribution in [0.25, 0.3) is 11.1 Å². The van der Waals surface area contributed by atoms with Gasteiger partial charge in [0.15, 0.2) is 0 Å². The van der Waals surface area contributed by atoms with E-state index in [1.54, 1.807) is 0 Å². The molecule has 0 unspecified atom stereocenters. The topological polar surface area (TPSA) is 50.8 Å². The summed E-state index contributed by atoms with van der Waals surface area (Å²) in [5.74, 6) is 0.470. The molecular weight excluding hydrogens is 340 g/mol. The van der Waals surface area contributed by atoms with Gasteiger partial charge in [0.1, 0.15) is 12.0 Å². The lowest BCUT2D eigenvalue weighted by Crippen LogP contribution is -2.49. The predicted molar refractivity (Wildman–Crippen MR) is 107 cm³/mol. The Morgan fingerprint density at radius 1 is 1.00 bits per heavy atom. The molecule has 27 heavy (non-hydrogen) atoms. The van der Waals surface area contributed by atoms with Crippen molar-refractivity contribution in [1.82, 2.24) is 10.2 Å². The van der Waals surface area contributed by atoms with Crippen LogP contribution in [0.5, 0.6) is 5.75 Å². The normalized spacial score (nSPS) is 17.5. The molecule has 0 atom stereocenters. The van der Waals surface area contributed by atoms with Crippen LogP contribution < -0.4 is 10.1 Å². The molecule has 4 rings (SSSR count). The quantitative estimate of drug-likeness (QED) is 0.824. The molecule has 2 heterocycles. The van der Waals surface area contributed by atoms with Crippen molar-refractivity contribution in [3.63, 3.8) is 0 Å². The monoisotopic (exact) mass is 368 g/mol. The molecule has 2 aromatic carbocycles. The van der Waals surface area contributed by atoms with Crippen LogP contribution in [-0.4, -0.2) is 51.2 Å². The molecule has 0 radical (unpaired) electrons. The molecule has 2 aliphatic heterocycles. The Morgan fingerprint density at radius 3 is 2.26 bits per heavy atom. The van der Waals surface area contributed by atoms with Crippen LogP contribution in [0.2, 0.25) is 0 Å². The van der Waals surface area contributed by atoms with E-state index in [0.29, 0.717) is 12.2 Å². The highest BCUT2D eigenvalue weighted by Gasteiger charge is 2.38. The minimum absolute atomic E-state index is 0.453. The first kappa shape index (κ1) is 19.5. The summed E-state index contributed by atoms with van der Waals surface area (Å²) in [7, 11) is 6.00. The molecule has 2 aliphatic rings.